The molecule has 0 atom stereocenters. The van der Waals surface area contributed by atoms with Gasteiger partial charge in [-0.25, -0.2) is 0 Å². The third-order valence-corrected chi connectivity index (χ3v) is 1.42. The maximum absolute atomic E-state index is 4.94. The van der Waals surface area contributed by atoms with Gasteiger partial charge in [0.1, 0.15) is 0 Å². The van der Waals surface area contributed by atoms with Crippen LogP contribution in [0.15, 0.2) is 12.3 Å². The van der Waals surface area contributed by atoms with Crippen molar-refractivity contribution in [3.8, 4) is 0 Å². The molecular formula is C18H42O2. The predicted molar refractivity (Wildman–Crippen MR) is 94.2 cm³/mol. The molecule has 0 aromatic rings. The van der Waals surface area contributed by atoms with Crippen LogP contribution in [0.1, 0.15) is 75.7 Å². The summed E-state index contributed by atoms with van der Waals surface area (Å²) < 4.78 is 9.71. The molecule has 2 aliphatic heterocycles. The summed E-state index contributed by atoms with van der Waals surface area (Å²) in [7, 11) is 0. The molecule has 0 N–H and O–H groups in total. The van der Waals surface area contributed by atoms with Gasteiger partial charge in [-0.3, -0.25) is 0 Å². The Morgan fingerprint density at radius 2 is 1.15 bits per heavy atom. The molecule has 0 aromatic heterocycles. The Labute approximate surface area is 129 Å². The topological polar surface area (TPSA) is 18.5 Å². The molecule has 20 heavy (non-hydrogen) atoms. The van der Waals surface area contributed by atoms with Gasteiger partial charge in [0.25, 0.3) is 0 Å². The van der Waals surface area contributed by atoms with Gasteiger partial charge in [0.2, 0.25) is 0 Å². The Bertz CT molecular complexity index is 134. The molecule has 1 saturated heterocycles. The van der Waals surface area contributed by atoms with Crippen LogP contribution in [0.25, 0.3) is 0 Å². The first kappa shape index (κ1) is 27.8. The predicted octanol–water partition coefficient (Wildman–Crippen LogP) is 6.31. The number of hydrogen-bond acceptors (Lipinski definition) is 2. The lowest BCUT2D eigenvalue weighted by molar-refractivity contribution is 0.198. The minimum atomic E-state index is 0. The highest BCUT2D eigenvalue weighted by Crippen LogP contribution is 1.98. The molecule has 0 spiro atoms. The van der Waals surface area contributed by atoms with Crippen LogP contribution in [-0.4, -0.2) is 19.8 Å². The average Bonchev–Trinajstić information content (AvgIpc) is 2.96. The van der Waals surface area contributed by atoms with Gasteiger partial charge in [-0.05, 0) is 30.8 Å². The zero-order chi connectivity index (χ0) is 14.2. The van der Waals surface area contributed by atoms with Gasteiger partial charge in [-0.15, -0.1) is 0 Å². The van der Waals surface area contributed by atoms with E-state index in [0.29, 0.717) is 0 Å². The lowest BCUT2D eigenvalue weighted by Gasteiger charge is -1.79. The minimum Gasteiger partial charge on any atom is -0.501 e. The van der Waals surface area contributed by atoms with E-state index in [0.717, 1.165) is 38.1 Å². The first-order chi connectivity index (χ1) is 8.46. The summed E-state index contributed by atoms with van der Waals surface area (Å²) in [5.74, 6) is 1.67. The second kappa shape index (κ2) is 23.6. The lowest BCUT2D eigenvalue weighted by Crippen LogP contribution is -1.74. The molecule has 1 fully saturated rings. The van der Waals surface area contributed by atoms with Crippen LogP contribution in [0.2, 0.25) is 0 Å². The fourth-order valence-corrected chi connectivity index (χ4v) is 0.851. The molecule has 0 amide bonds. The van der Waals surface area contributed by atoms with E-state index < -0.39 is 0 Å². The molecule has 2 aliphatic rings. The van der Waals surface area contributed by atoms with Crippen molar-refractivity contribution in [2.24, 2.45) is 11.8 Å². The van der Waals surface area contributed by atoms with Crippen molar-refractivity contribution in [3.63, 3.8) is 0 Å². The standard InChI is InChI=1S/C4H8O.C4H6O.2C4H10.2CH4/c2*1-2-4-5-3-1;2*1-4(2)3;;/h1-4H2;1,3H,2,4H2;2*4H,1-3H3;2*1H4. The third-order valence-electron chi connectivity index (χ3n) is 1.42. The van der Waals surface area contributed by atoms with E-state index in [1.54, 1.807) is 6.26 Å². The fraction of sp³-hybridized carbons (Fsp3) is 0.889. The van der Waals surface area contributed by atoms with Crippen LogP contribution in [-0.2, 0) is 9.47 Å². The molecular weight excluding hydrogens is 248 g/mol. The summed E-state index contributed by atoms with van der Waals surface area (Å²) in [6, 6.07) is 0. The first-order valence-electron chi connectivity index (χ1n) is 7.31. The largest absolute Gasteiger partial charge is 0.501 e. The van der Waals surface area contributed by atoms with Crippen LogP contribution in [0.4, 0.5) is 0 Å². The lowest BCUT2D eigenvalue weighted by atomic mass is 10.3. The van der Waals surface area contributed by atoms with Gasteiger partial charge < -0.3 is 9.47 Å². The molecule has 126 valence electrons. The third kappa shape index (κ3) is 52.8. The van der Waals surface area contributed by atoms with Crippen molar-refractivity contribution in [1.82, 2.24) is 0 Å². The smallest absolute Gasteiger partial charge is 0.0908 e. The molecule has 0 aromatic carbocycles. The number of ether oxygens (including phenoxy) is 2. The zero-order valence-corrected chi connectivity index (χ0v) is 13.4. The molecule has 0 bridgehead atoms. The average molecular weight is 291 g/mol. The van der Waals surface area contributed by atoms with Crippen LogP contribution in [0.5, 0.6) is 0 Å². The van der Waals surface area contributed by atoms with E-state index in [1.807, 2.05) is 6.08 Å². The molecule has 2 rings (SSSR count). The second-order valence-corrected chi connectivity index (χ2v) is 5.81. The van der Waals surface area contributed by atoms with Crippen molar-refractivity contribution >= 4 is 0 Å². The second-order valence-electron chi connectivity index (χ2n) is 5.81. The van der Waals surface area contributed by atoms with Crippen LogP contribution in [0, 0.1) is 11.8 Å². The quantitative estimate of drug-likeness (QED) is 0.520. The molecule has 2 heterocycles. The Hall–Kier alpha value is -0.500. The fourth-order valence-electron chi connectivity index (χ4n) is 0.851. The van der Waals surface area contributed by atoms with Crippen LogP contribution >= 0.6 is 0 Å². The zero-order valence-electron chi connectivity index (χ0n) is 13.4. The molecule has 2 heteroatoms. The van der Waals surface area contributed by atoms with Crippen molar-refractivity contribution in [2.45, 2.75) is 75.7 Å². The highest BCUT2D eigenvalue weighted by Gasteiger charge is 1.94. The summed E-state index contributed by atoms with van der Waals surface area (Å²) in [4.78, 5) is 0. The maximum Gasteiger partial charge on any atom is 0.0908 e. The monoisotopic (exact) mass is 290 g/mol. The van der Waals surface area contributed by atoms with E-state index in [9.17, 15) is 0 Å². The minimum absolute atomic E-state index is 0. The number of hydrogen-bond donors (Lipinski definition) is 0. The van der Waals surface area contributed by atoms with Gasteiger partial charge in [-0.2, -0.15) is 0 Å². The molecule has 0 aliphatic carbocycles. The molecule has 0 unspecified atom stereocenters. The number of rotatable bonds is 0. The van der Waals surface area contributed by atoms with Gasteiger partial charge in [0, 0.05) is 19.6 Å². The van der Waals surface area contributed by atoms with Crippen molar-refractivity contribution in [2.75, 3.05) is 19.8 Å². The van der Waals surface area contributed by atoms with Gasteiger partial charge in [0.05, 0.1) is 12.9 Å². The summed E-state index contributed by atoms with van der Waals surface area (Å²) in [6.45, 7) is 15.9. The van der Waals surface area contributed by atoms with E-state index >= 15 is 0 Å². The van der Waals surface area contributed by atoms with E-state index in [-0.39, 0.29) is 14.9 Å². The highest BCUT2D eigenvalue weighted by molar-refractivity contribution is 4.78. The summed E-state index contributed by atoms with van der Waals surface area (Å²) in [6.07, 6.45) is 7.40. The summed E-state index contributed by atoms with van der Waals surface area (Å²) in [5.41, 5.74) is 0. The van der Waals surface area contributed by atoms with Crippen LogP contribution < -0.4 is 0 Å². The summed E-state index contributed by atoms with van der Waals surface area (Å²) in [5, 5.41) is 0. The molecule has 0 saturated carbocycles. The van der Waals surface area contributed by atoms with Crippen molar-refractivity contribution in [3.05, 3.63) is 12.3 Å². The Morgan fingerprint density at radius 1 is 0.750 bits per heavy atom. The SMILES string of the molecule is C.C.C1=COCC1.C1CCOC1.CC(C)C.CC(C)C. The maximum atomic E-state index is 4.94. The Morgan fingerprint density at radius 3 is 1.25 bits per heavy atom. The van der Waals surface area contributed by atoms with Gasteiger partial charge in [0.15, 0.2) is 0 Å². The Kier molecular flexibility index (Phi) is 32.8. The van der Waals surface area contributed by atoms with E-state index in [1.165, 1.54) is 12.8 Å². The highest BCUT2D eigenvalue weighted by atomic mass is 16.5. The van der Waals surface area contributed by atoms with E-state index in [2.05, 4.69) is 41.5 Å². The van der Waals surface area contributed by atoms with E-state index in [4.69, 9.17) is 9.47 Å². The first-order valence-corrected chi connectivity index (χ1v) is 7.31. The Balaban J connectivity index is -0.0000000833. The molecule has 2 nitrogen and oxygen atoms in total. The van der Waals surface area contributed by atoms with Crippen molar-refractivity contribution in [1.29, 1.82) is 0 Å². The van der Waals surface area contributed by atoms with Gasteiger partial charge >= 0.3 is 0 Å². The van der Waals surface area contributed by atoms with Crippen molar-refractivity contribution < 1.29 is 9.47 Å². The normalized spacial score (nSPS) is 14.4. The summed E-state index contributed by atoms with van der Waals surface area (Å²) >= 11 is 0. The van der Waals surface area contributed by atoms with Gasteiger partial charge in [-0.1, -0.05) is 56.4 Å². The van der Waals surface area contributed by atoms with Crippen LogP contribution in [0.3, 0.4) is 0 Å². The molecule has 0 radical (unpaired) electrons.